The summed E-state index contributed by atoms with van der Waals surface area (Å²) in [7, 11) is 1.46. The number of amides is 1. The third-order valence-electron chi connectivity index (χ3n) is 5.47. The molecule has 1 aromatic heterocycles. The number of benzene rings is 3. The molecule has 0 saturated heterocycles. The third-order valence-corrected chi connectivity index (χ3v) is 7.13. The number of hydrogen-bond acceptors (Lipinski definition) is 8. The average Bonchev–Trinajstić information content (AvgIpc) is 3.30. The number of unbranched alkanes of at least 4 members (excludes halogenated alkanes) is 1. The molecule has 0 spiro atoms. The largest absolute Gasteiger partial charge is 0.494 e. The van der Waals surface area contributed by atoms with Crippen molar-refractivity contribution in [3.63, 3.8) is 0 Å². The van der Waals surface area contributed by atoms with Crippen LogP contribution in [0.25, 0.3) is 10.1 Å². The summed E-state index contributed by atoms with van der Waals surface area (Å²) in [5.74, 6) is 0.849. The van der Waals surface area contributed by atoms with Crippen molar-refractivity contribution < 1.29 is 28.5 Å². The molecule has 10 heteroatoms. The molecule has 0 atom stereocenters. The molecule has 0 radical (unpaired) electrons. The molecule has 0 unspecified atom stereocenters. The molecule has 0 fully saturated rings. The van der Waals surface area contributed by atoms with Crippen molar-refractivity contribution in [2.75, 3.05) is 20.3 Å². The van der Waals surface area contributed by atoms with E-state index in [1.54, 1.807) is 42.5 Å². The van der Waals surface area contributed by atoms with Crippen molar-refractivity contribution in [1.82, 2.24) is 5.43 Å². The Kier molecular flexibility index (Phi) is 9.77. The molecular weight excluding hydrogens is 540 g/mol. The standard InChI is InChI=1S/C29H27ClN2O6S/c1-3-4-15-36-20-10-12-21(13-11-20)37-18-26(33)32-31-17-19-9-14-23(24(16-19)35-2)38-29(34)28-27(30)22-7-5-6-8-25(22)39-28/h5-14,16-17H,3-4,15,18H2,1-2H3,(H,32,33)/b31-17-. The Labute approximate surface area is 235 Å². The normalized spacial score (nSPS) is 10.9. The molecule has 0 aliphatic carbocycles. The van der Waals surface area contributed by atoms with E-state index in [0.29, 0.717) is 33.6 Å². The van der Waals surface area contributed by atoms with Gasteiger partial charge in [-0.15, -0.1) is 11.3 Å². The minimum absolute atomic E-state index is 0.203. The first-order valence-electron chi connectivity index (χ1n) is 12.2. The van der Waals surface area contributed by atoms with E-state index in [4.69, 9.17) is 30.5 Å². The van der Waals surface area contributed by atoms with Gasteiger partial charge in [0, 0.05) is 10.1 Å². The number of hydrazone groups is 1. The summed E-state index contributed by atoms with van der Waals surface area (Å²) >= 11 is 7.66. The predicted molar refractivity (Wildman–Crippen MR) is 153 cm³/mol. The predicted octanol–water partition coefficient (Wildman–Crippen LogP) is 6.49. The molecule has 4 rings (SSSR count). The number of carbonyl (C=O) groups is 2. The second-order valence-corrected chi connectivity index (χ2v) is 9.73. The number of ether oxygens (including phenoxy) is 4. The van der Waals surface area contributed by atoms with Gasteiger partial charge in [-0.1, -0.05) is 43.1 Å². The fourth-order valence-corrected chi connectivity index (χ4v) is 4.85. The molecular formula is C29H27ClN2O6S. The molecule has 1 N–H and O–H groups in total. The van der Waals surface area contributed by atoms with Gasteiger partial charge in [0.15, 0.2) is 18.1 Å². The number of rotatable bonds is 12. The molecule has 1 heterocycles. The van der Waals surface area contributed by atoms with E-state index in [2.05, 4.69) is 17.5 Å². The van der Waals surface area contributed by atoms with Crippen LogP contribution in [-0.2, 0) is 4.79 Å². The van der Waals surface area contributed by atoms with Gasteiger partial charge in [-0.2, -0.15) is 5.10 Å². The van der Waals surface area contributed by atoms with Crippen LogP contribution in [0, 0.1) is 0 Å². The van der Waals surface area contributed by atoms with Gasteiger partial charge in [0.2, 0.25) is 0 Å². The number of halogens is 1. The lowest BCUT2D eigenvalue weighted by molar-refractivity contribution is -0.123. The van der Waals surface area contributed by atoms with Crippen LogP contribution < -0.4 is 24.4 Å². The topological polar surface area (TPSA) is 95.5 Å². The van der Waals surface area contributed by atoms with E-state index >= 15 is 0 Å². The molecule has 4 aromatic rings. The van der Waals surface area contributed by atoms with Gasteiger partial charge in [0.05, 0.1) is 25.0 Å². The van der Waals surface area contributed by atoms with Gasteiger partial charge in [0.25, 0.3) is 5.91 Å². The highest BCUT2D eigenvalue weighted by Gasteiger charge is 2.20. The lowest BCUT2D eigenvalue weighted by Gasteiger charge is -2.09. The summed E-state index contributed by atoms with van der Waals surface area (Å²) in [6.07, 6.45) is 3.50. The first-order valence-corrected chi connectivity index (χ1v) is 13.4. The van der Waals surface area contributed by atoms with Gasteiger partial charge in [-0.05, 0) is 60.5 Å². The first kappa shape index (κ1) is 27.9. The SMILES string of the molecule is CCCCOc1ccc(OCC(=O)N/N=C\c2ccc(OC(=O)c3sc4ccccc4c3Cl)c(OC)c2)cc1. The molecule has 1 amide bonds. The quantitative estimate of drug-likeness (QED) is 0.0692. The zero-order valence-corrected chi connectivity index (χ0v) is 23.0. The van der Waals surface area contributed by atoms with Crippen LogP contribution in [-0.4, -0.2) is 38.4 Å². The fraction of sp³-hybridized carbons (Fsp3) is 0.207. The Balaban J connectivity index is 1.29. The molecule has 0 aliphatic rings. The van der Waals surface area contributed by atoms with E-state index < -0.39 is 11.9 Å². The number of esters is 1. The van der Waals surface area contributed by atoms with Crippen LogP contribution in [0.4, 0.5) is 0 Å². The number of methoxy groups -OCH3 is 1. The highest BCUT2D eigenvalue weighted by Crippen LogP contribution is 2.37. The maximum Gasteiger partial charge on any atom is 0.355 e. The molecule has 8 nitrogen and oxygen atoms in total. The van der Waals surface area contributed by atoms with Gasteiger partial charge in [-0.25, -0.2) is 10.2 Å². The molecule has 39 heavy (non-hydrogen) atoms. The summed E-state index contributed by atoms with van der Waals surface area (Å²) in [6.45, 7) is 2.57. The number of thiophene rings is 1. The molecule has 3 aromatic carbocycles. The van der Waals surface area contributed by atoms with Crippen LogP contribution in [0.3, 0.4) is 0 Å². The van der Waals surface area contributed by atoms with E-state index in [-0.39, 0.29) is 12.4 Å². The summed E-state index contributed by atoms with van der Waals surface area (Å²) in [4.78, 5) is 25.2. The van der Waals surface area contributed by atoms with Crippen molar-refractivity contribution in [2.24, 2.45) is 5.10 Å². The second-order valence-electron chi connectivity index (χ2n) is 8.30. The number of hydrogen-bond donors (Lipinski definition) is 1. The van der Waals surface area contributed by atoms with Gasteiger partial charge in [-0.3, -0.25) is 4.79 Å². The minimum atomic E-state index is -0.577. The zero-order valence-electron chi connectivity index (χ0n) is 21.4. The van der Waals surface area contributed by atoms with Gasteiger partial charge >= 0.3 is 5.97 Å². The molecule has 202 valence electrons. The van der Waals surface area contributed by atoms with Crippen LogP contribution in [0.1, 0.15) is 35.0 Å². The van der Waals surface area contributed by atoms with Crippen molar-refractivity contribution in [3.8, 4) is 23.0 Å². The maximum absolute atomic E-state index is 12.8. The Bertz CT molecular complexity index is 1470. The van der Waals surface area contributed by atoms with Gasteiger partial charge < -0.3 is 18.9 Å². The monoisotopic (exact) mass is 566 g/mol. The van der Waals surface area contributed by atoms with Crippen LogP contribution in [0.5, 0.6) is 23.0 Å². The van der Waals surface area contributed by atoms with Crippen molar-refractivity contribution in [3.05, 3.63) is 82.2 Å². The van der Waals surface area contributed by atoms with E-state index in [0.717, 1.165) is 28.7 Å². The third kappa shape index (κ3) is 7.49. The molecule has 0 aliphatic heterocycles. The highest BCUT2D eigenvalue weighted by molar-refractivity contribution is 7.21. The summed E-state index contributed by atoms with van der Waals surface area (Å²) in [6, 6.07) is 19.5. The van der Waals surface area contributed by atoms with Crippen LogP contribution in [0.2, 0.25) is 5.02 Å². The Morgan fingerprint density at radius 3 is 2.46 bits per heavy atom. The lowest BCUT2D eigenvalue weighted by Crippen LogP contribution is -2.24. The Morgan fingerprint density at radius 2 is 1.74 bits per heavy atom. The van der Waals surface area contributed by atoms with Crippen molar-refractivity contribution >= 4 is 51.1 Å². The summed E-state index contributed by atoms with van der Waals surface area (Å²) < 4.78 is 22.9. The second kappa shape index (κ2) is 13.6. The number of carbonyl (C=O) groups excluding carboxylic acids is 2. The first-order chi connectivity index (χ1) is 19.0. The summed E-state index contributed by atoms with van der Waals surface area (Å²) in [5.41, 5.74) is 3.03. The lowest BCUT2D eigenvalue weighted by atomic mass is 10.2. The van der Waals surface area contributed by atoms with E-state index in [9.17, 15) is 9.59 Å². The number of nitrogens with zero attached hydrogens (tertiary/aromatic N) is 1. The minimum Gasteiger partial charge on any atom is -0.494 e. The smallest absolute Gasteiger partial charge is 0.355 e. The Hall–Kier alpha value is -4.08. The van der Waals surface area contributed by atoms with Crippen LogP contribution >= 0.6 is 22.9 Å². The summed E-state index contributed by atoms with van der Waals surface area (Å²) in [5, 5.41) is 5.11. The Morgan fingerprint density at radius 1 is 1.00 bits per heavy atom. The van der Waals surface area contributed by atoms with Gasteiger partial charge in [0.1, 0.15) is 16.4 Å². The van der Waals surface area contributed by atoms with Crippen molar-refractivity contribution in [1.29, 1.82) is 0 Å². The zero-order chi connectivity index (χ0) is 27.6. The maximum atomic E-state index is 12.8. The van der Waals surface area contributed by atoms with E-state index in [1.807, 2.05) is 24.3 Å². The highest BCUT2D eigenvalue weighted by atomic mass is 35.5. The van der Waals surface area contributed by atoms with E-state index in [1.165, 1.54) is 24.7 Å². The number of fused-ring (bicyclic) bond motifs is 1. The molecule has 0 bridgehead atoms. The van der Waals surface area contributed by atoms with Crippen LogP contribution in [0.15, 0.2) is 71.8 Å². The molecule has 0 saturated carbocycles. The fourth-order valence-electron chi connectivity index (χ4n) is 3.47. The number of nitrogens with one attached hydrogen (secondary N) is 1. The van der Waals surface area contributed by atoms with Crippen molar-refractivity contribution in [2.45, 2.75) is 19.8 Å². The average molecular weight is 567 g/mol.